The summed E-state index contributed by atoms with van der Waals surface area (Å²) in [6.45, 7) is 7.37. The molecule has 1 heterocycles. The third-order valence-electron chi connectivity index (χ3n) is 3.16. The van der Waals surface area contributed by atoms with Gasteiger partial charge in [0.05, 0.1) is 16.3 Å². The summed E-state index contributed by atoms with van der Waals surface area (Å²) in [6, 6.07) is 6.78. The first-order chi connectivity index (χ1) is 8.34. The average Bonchev–Trinajstić information content (AvgIpc) is 2.58. The van der Waals surface area contributed by atoms with Gasteiger partial charge in [0.1, 0.15) is 0 Å². The van der Waals surface area contributed by atoms with Gasteiger partial charge in [0.15, 0.2) is 0 Å². The lowest BCUT2D eigenvalue weighted by Gasteiger charge is -2.06. The molecule has 18 heavy (non-hydrogen) atoms. The second kappa shape index (κ2) is 4.24. The van der Waals surface area contributed by atoms with Crippen LogP contribution in [0.1, 0.15) is 22.5 Å². The Morgan fingerprint density at radius 3 is 2.00 bits per heavy atom. The molecule has 0 spiro atoms. The molecule has 0 atom stereocenters. The van der Waals surface area contributed by atoms with Crippen LogP contribution in [0.4, 0.5) is 0 Å². The van der Waals surface area contributed by atoms with E-state index in [4.69, 9.17) is 0 Å². The molecule has 0 fully saturated rings. The second-order valence-electron chi connectivity index (χ2n) is 4.46. The smallest absolute Gasteiger partial charge is 0.199 e. The quantitative estimate of drug-likeness (QED) is 0.836. The fraction of sp³-hybridized carbons (Fsp3) is 0.308. The molecule has 0 N–H and O–H groups in total. The summed E-state index contributed by atoms with van der Waals surface area (Å²) in [4.78, 5) is 0.263. The van der Waals surface area contributed by atoms with Gasteiger partial charge in [0, 0.05) is 0 Å². The van der Waals surface area contributed by atoms with Crippen molar-refractivity contribution in [2.24, 2.45) is 0 Å². The SMILES string of the molecule is Cc1ccc(S(=O)(=O)n2nc(C)c(C)c2C)cc1. The zero-order chi connectivity index (χ0) is 13.5. The zero-order valence-corrected chi connectivity index (χ0v) is 11.7. The highest BCUT2D eigenvalue weighted by Gasteiger charge is 2.21. The van der Waals surface area contributed by atoms with Gasteiger partial charge in [-0.3, -0.25) is 0 Å². The molecule has 0 unspecified atom stereocenters. The topological polar surface area (TPSA) is 52.0 Å². The van der Waals surface area contributed by atoms with Crippen LogP contribution in [0.3, 0.4) is 0 Å². The van der Waals surface area contributed by atoms with E-state index in [1.54, 1.807) is 31.2 Å². The number of aromatic nitrogens is 2. The number of nitrogens with zero attached hydrogens (tertiary/aromatic N) is 2. The molecule has 0 aliphatic rings. The van der Waals surface area contributed by atoms with Gasteiger partial charge >= 0.3 is 0 Å². The summed E-state index contributed by atoms with van der Waals surface area (Å²) in [5.41, 5.74) is 3.33. The minimum atomic E-state index is -3.58. The van der Waals surface area contributed by atoms with Crippen LogP contribution in [0.25, 0.3) is 0 Å². The third kappa shape index (κ3) is 1.95. The van der Waals surface area contributed by atoms with Crippen molar-refractivity contribution in [3.63, 3.8) is 0 Å². The molecule has 0 saturated carbocycles. The highest BCUT2D eigenvalue weighted by Crippen LogP contribution is 2.19. The Kier molecular flexibility index (Phi) is 3.02. The molecule has 1 aromatic carbocycles. The first-order valence-corrected chi connectivity index (χ1v) is 7.13. The lowest BCUT2D eigenvalue weighted by atomic mass is 10.2. The standard InChI is InChI=1S/C13H16N2O2S/c1-9-5-7-13(8-6-9)18(16,17)15-12(4)10(2)11(3)14-15/h5-8H,1-4H3. The van der Waals surface area contributed by atoms with Crippen molar-refractivity contribution in [2.45, 2.75) is 32.6 Å². The first kappa shape index (κ1) is 12.8. The normalized spacial score (nSPS) is 11.8. The number of hydrogen-bond acceptors (Lipinski definition) is 3. The summed E-state index contributed by atoms with van der Waals surface area (Å²) in [5, 5.41) is 4.11. The largest absolute Gasteiger partial charge is 0.283 e. The maximum Gasteiger partial charge on any atom is 0.283 e. The zero-order valence-electron chi connectivity index (χ0n) is 10.9. The van der Waals surface area contributed by atoms with Gasteiger partial charge in [0.25, 0.3) is 10.0 Å². The third-order valence-corrected chi connectivity index (χ3v) is 4.84. The van der Waals surface area contributed by atoms with Crippen LogP contribution in [0.2, 0.25) is 0 Å². The van der Waals surface area contributed by atoms with Gasteiger partial charge in [0.2, 0.25) is 0 Å². The van der Waals surface area contributed by atoms with Crippen LogP contribution >= 0.6 is 0 Å². The number of benzene rings is 1. The monoisotopic (exact) mass is 264 g/mol. The van der Waals surface area contributed by atoms with Crippen molar-refractivity contribution in [3.05, 3.63) is 46.8 Å². The molecule has 2 aromatic rings. The fourth-order valence-corrected chi connectivity index (χ4v) is 3.14. The minimum Gasteiger partial charge on any atom is -0.199 e. The summed E-state index contributed by atoms with van der Waals surface area (Å²) < 4.78 is 26.0. The van der Waals surface area contributed by atoms with Crippen LogP contribution in [-0.4, -0.2) is 17.6 Å². The minimum absolute atomic E-state index is 0.263. The van der Waals surface area contributed by atoms with Gasteiger partial charge < -0.3 is 0 Å². The molecule has 0 aliphatic heterocycles. The van der Waals surface area contributed by atoms with Crippen LogP contribution in [0.15, 0.2) is 29.2 Å². The number of rotatable bonds is 2. The molecule has 0 saturated heterocycles. The molecular formula is C13H16N2O2S. The number of aryl methyl sites for hydroxylation is 2. The van der Waals surface area contributed by atoms with Crippen LogP contribution in [-0.2, 0) is 10.0 Å². The van der Waals surface area contributed by atoms with Crippen molar-refractivity contribution >= 4 is 10.0 Å². The molecule has 5 heteroatoms. The van der Waals surface area contributed by atoms with Gasteiger partial charge in [-0.25, -0.2) is 0 Å². The Labute approximate surface area is 107 Å². The van der Waals surface area contributed by atoms with E-state index in [0.29, 0.717) is 5.69 Å². The molecule has 4 nitrogen and oxygen atoms in total. The molecule has 1 aromatic heterocycles. The first-order valence-electron chi connectivity index (χ1n) is 5.69. The molecular weight excluding hydrogens is 248 g/mol. The Morgan fingerprint density at radius 2 is 1.56 bits per heavy atom. The van der Waals surface area contributed by atoms with Crippen LogP contribution < -0.4 is 0 Å². The molecule has 0 bridgehead atoms. The summed E-state index contributed by atoms with van der Waals surface area (Å²) in [6.07, 6.45) is 0. The van der Waals surface area contributed by atoms with Crippen LogP contribution in [0.5, 0.6) is 0 Å². The lowest BCUT2D eigenvalue weighted by molar-refractivity contribution is 0.577. The van der Waals surface area contributed by atoms with E-state index in [9.17, 15) is 8.42 Å². The van der Waals surface area contributed by atoms with Crippen molar-refractivity contribution < 1.29 is 8.42 Å². The Balaban J connectivity index is 2.61. The summed E-state index contributed by atoms with van der Waals surface area (Å²) in [7, 11) is -3.58. The molecule has 0 amide bonds. The van der Waals surface area contributed by atoms with E-state index in [2.05, 4.69) is 5.10 Å². The lowest BCUT2D eigenvalue weighted by Crippen LogP contribution is -2.16. The average molecular weight is 264 g/mol. The highest BCUT2D eigenvalue weighted by molar-refractivity contribution is 7.89. The predicted octanol–water partition coefficient (Wildman–Crippen LogP) is 2.35. The number of hydrogen-bond donors (Lipinski definition) is 0. The van der Waals surface area contributed by atoms with Crippen molar-refractivity contribution in [3.8, 4) is 0 Å². The van der Waals surface area contributed by atoms with Gasteiger partial charge in [-0.15, -0.1) is 0 Å². The van der Waals surface area contributed by atoms with Crippen molar-refractivity contribution in [1.29, 1.82) is 0 Å². The van der Waals surface area contributed by atoms with E-state index < -0.39 is 10.0 Å². The second-order valence-corrected chi connectivity index (χ2v) is 6.22. The van der Waals surface area contributed by atoms with Gasteiger partial charge in [-0.2, -0.15) is 17.6 Å². The van der Waals surface area contributed by atoms with Crippen molar-refractivity contribution in [1.82, 2.24) is 9.19 Å². The molecule has 96 valence electrons. The Morgan fingerprint density at radius 1 is 1.00 bits per heavy atom. The van der Waals surface area contributed by atoms with E-state index in [1.807, 2.05) is 20.8 Å². The Bertz CT molecular complexity index is 683. The predicted molar refractivity (Wildman–Crippen MR) is 70.2 cm³/mol. The molecule has 0 aliphatic carbocycles. The Hall–Kier alpha value is -1.62. The fourth-order valence-electron chi connectivity index (χ4n) is 1.74. The van der Waals surface area contributed by atoms with Gasteiger partial charge in [-0.05, 0) is 45.4 Å². The van der Waals surface area contributed by atoms with Gasteiger partial charge in [-0.1, -0.05) is 17.7 Å². The van der Waals surface area contributed by atoms with E-state index in [1.165, 1.54) is 0 Å². The van der Waals surface area contributed by atoms with Crippen LogP contribution in [0, 0.1) is 27.7 Å². The molecule has 2 rings (SSSR count). The van der Waals surface area contributed by atoms with E-state index in [-0.39, 0.29) is 4.90 Å². The summed E-state index contributed by atoms with van der Waals surface area (Å²) in [5.74, 6) is 0. The van der Waals surface area contributed by atoms with Crippen molar-refractivity contribution in [2.75, 3.05) is 0 Å². The highest BCUT2D eigenvalue weighted by atomic mass is 32.2. The maximum atomic E-state index is 12.4. The maximum absolute atomic E-state index is 12.4. The van der Waals surface area contributed by atoms with E-state index >= 15 is 0 Å². The molecule has 0 radical (unpaired) electrons. The summed E-state index contributed by atoms with van der Waals surface area (Å²) >= 11 is 0. The van der Waals surface area contributed by atoms with E-state index in [0.717, 1.165) is 20.9 Å².